The molecular weight excluding hydrogens is 226 g/mol. The molecule has 2 N–H and O–H groups in total. The summed E-state index contributed by atoms with van der Waals surface area (Å²) in [5.41, 5.74) is 1.10. The number of aromatic nitrogens is 2. The van der Waals surface area contributed by atoms with Crippen molar-refractivity contribution < 1.29 is 0 Å². The summed E-state index contributed by atoms with van der Waals surface area (Å²) in [7, 11) is 0. The van der Waals surface area contributed by atoms with Crippen molar-refractivity contribution in [3.05, 3.63) is 27.9 Å². The number of nitrogens with one attached hydrogen (secondary N) is 2. The average Bonchev–Trinajstić information content (AvgIpc) is 2.86. The van der Waals surface area contributed by atoms with Crippen molar-refractivity contribution in [1.82, 2.24) is 15.3 Å². The molecule has 2 rings (SSSR count). The van der Waals surface area contributed by atoms with Gasteiger partial charge in [-0.05, 0) is 24.3 Å². The van der Waals surface area contributed by atoms with Gasteiger partial charge in [0.05, 0.1) is 5.69 Å². The third-order valence-corrected chi connectivity index (χ3v) is 3.52. The standard InChI is InChI=1S/C14H23N3O/c1-9(2)7-15-8-10-5-12(18)17-13(16-10)11-6-14(11,3)4/h5,9,11,15H,6-8H2,1-4H3,(H,16,17,18). The number of H-pyrrole nitrogens is 1. The molecule has 1 unspecified atom stereocenters. The molecule has 18 heavy (non-hydrogen) atoms. The van der Waals surface area contributed by atoms with E-state index in [1.165, 1.54) is 0 Å². The highest BCUT2D eigenvalue weighted by Gasteiger charge is 2.48. The Bertz CT molecular complexity index is 476. The van der Waals surface area contributed by atoms with Gasteiger partial charge in [-0.1, -0.05) is 27.7 Å². The molecule has 1 aliphatic rings. The van der Waals surface area contributed by atoms with Crippen LogP contribution in [0.2, 0.25) is 0 Å². The zero-order valence-corrected chi connectivity index (χ0v) is 11.7. The minimum Gasteiger partial charge on any atom is -0.311 e. The van der Waals surface area contributed by atoms with Crippen LogP contribution < -0.4 is 10.9 Å². The molecule has 0 saturated heterocycles. The van der Waals surface area contributed by atoms with Crippen molar-refractivity contribution in [3.63, 3.8) is 0 Å². The minimum atomic E-state index is -0.0379. The van der Waals surface area contributed by atoms with E-state index in [2.05, 4.69) is 43.0 Å². The Hall–Kier alpha value is -1.16. The first-order valence-electron chi connectivity index (χ1n) is 6.69. The Morgan fingerprint density at radius 1 is 1.56 bits per heavy atom. The lowest BCUT2D eigenvalue weighted by molar-refractivity contribution is 0.545. The SMILES string of the molecule is CC(C)CNCc1cc(=O)[nH]c(C2CC2(C)C)n1. The molecule has 0 amide bonds. The first kappa shape index (κ1) is 13.3. The summed E-state index contributed by atoms with van der Waals surface area (Å²) in [6.45, 7) is 10.4. The first-order valence-corrected chi connectivity index (χ1v) is 6.69. The van der Waals surface area contributed by atoms with Crippen molar-refractivity contribution in [2.75, 3.05) is 6.54 Å². The molecule has 4 heteroatoms. The van der Waals surface area contributed by atoms with Crippen LogP contribution in [0.25, 0.3) is 0 Å². The van der Waals surface area contributed by atoms with Gasteiger partial charge < -0.3 is 10.3 Å². The van der Waals surface area contributed by atoms with Crippen molar-refractivity contribution in [2.24, 2.45) is 11.3 Å². The fraction of sp³-hybridized carbons (Fsp3) is 0.714. The minimum absolute atomic E-state index is 0.0379. The molecule has 1 heterocycles. The second-order valence-electron chi connectivity index (χ2n) is 6.39. The highest BCUT2D eigenvalue weighted by Crippen LogP contribution is 2.57. The monoisotopic (exact) mass is 249 g/mol. The van der Waals surface area contributed by atoms with Gasteiger partial charge in [0.1, 0.15) is 5.82 Å². The van der Waals surface area contributed by atoms with Crippen LogP contribution in [0.15, 0.2) is 10.9 Å². The van der Waals surface area contributed by atoms with Gasteiger partial charge in [0, 0.05) is 18.5 Å². The Labute approximate surface area is 108 Å². The van der Waals surface area contributed by atoms with Gasteiger partial charge in [-0.25, -0.2) is 4.98 Å². The number of rotatable bonds is 5. The van der Waals surface area contributed by atoms with Crippen LogP contribution >= 0.6 is 0 Å². The topological polar surface area (TPSA) is 57.8 Å². The molecule has 1 saturated carbocycles. The van der Waals surface area contributed by atoms with E-state index in [9.17, 15) is 4.79 Å². The summed E-state index contributed by atoms with van der Waals surface area (Å²) in [4.78, 5) is 19.1. The van der Waals surface area contributed by atoms with Crippen molar-refractivity contribution in [3.8, 4) is 0 Å². The molecule has 1 atom stereocenters. The van der Waals surface area contributed by atoms with E-state index in [1.54, 1.807) is 6.07 Å². The fourth-order valence-electron chi connectivity index (χ4n) is 2.21. The van der Waals surface area contributed by atoms with E-state index >= 15 is 0 Å². The fourth-order valence-corrected chi connectivity index (χ4v) is 2.21. The van der Waals surface area contributed by atoms with E-state index in [-0.39, 0.29) is 5.56 Å². The van der Waals surface area contributed by atoms with Crippen LogP contribution in [0, 0.1) is 11.3 Å². The third-order valence-electron chi connectivity index (χ3n) is 3.52. The van der Waals surface area contributed by atoms with Crippen LogP contribution in [-0.4, -0.2) is 16.5 Å². The third kappa shape index (κ3) is 3.19. The summed E-state index contributed by atoms with van der Waals surface area (Å²) in [6, 6.07) is 1.59. The molecular formula is C14H23N3O. The first-order chi connectivity index (χ1) is 8.38. The second-order valence-corrected chi connectivity index (χ2v) is 6.39. The Morgan fingerprint density at radius 3 is 2.78 bits per heavy atom. The summed E-state index contributed by atoms with van der Waals surface area (Å²) >= 11 is 0. The number of hydrogen-bond donors (Lipinski definition) is 2. The molecule has 1 aromatic rings. The van der Waals surface area contributed by atoms with Crippen LogP contribution in [0.3, 0.4) is 0 Å². The maximum Gasteiger partial charge on any atom is 0.251 e. The molecule has 0 spiro atoms. The molecule has 1 aromatic heterocycles. The lowest BCUT2D eigenvalue weighted by Gasteiger charge is -2.08. The second kappa shape index (κ2) is 4.84. The summed E-state index contributed by atoms with van der Waals surface area (Å²) < 4.78 is 0. The van der Waals surface area contributed by atoms with Gasteiger partial charge >= 0.3 is 0 Å². The van der Waals surface area contributed by atoms with E-state index in [1.807, 2.05) is 0 Å². The summed E-state index contributed by atoms with van der Waals surface area (Å²) in [6.07, 6.45) is 1.11. The Morgan fingerprint density at radius 2 is 2.22 bits per heavy atom. The molecule has 1 aliphatic carbocycles. The summed E-state index contributed by atoms with van der Waals surface area (Å²) in [5.74, 6) is 1.87. The van der Waals surface area contributed by atoms with Crippen molar-refractivity contribution >= 4 is 0 Å². The van der Waals surface area contributed by atoms with E-state index in [0.29, 0.717) is 23.8 Å². The van der Waals surface area contributed by atoms with E-state index in [4.69, 9.17) is 0 Å². The maximum atomic E-state index is 11.6. The highest BCUT2D eigenvalue weighted by molar-refractivity contribution is 5.17. The van der Waals surface area contributed by atoms with Gasteiger partial charge in [-0.2, -0.15) is 0 Å². The Balaban J connectivity index is 2.05. The predicted molar refractivity (Wildman–Crippen MR) is 72.5 cm³/mol. The molecule has 4 nitrogen and oxygen atoms in total. The number of hydrogen-bond acceptors (Lipinski definition) is 3. The molecule has 0 radical (unpaired) electrons. The van der Waals surface area contributed by atoms with Crippen molar-refractivity contribution in [1.29, 1.82) is 0 Å². The quantitative estimate of drug-likeness (QED) is 0.839. The molecule has 0 aliphatic heterocycles. The van der Waals surface area contributed by atoms with Crippen LogP contribution in [0.4, 0.5) is 0 Å². The lowest BCUT2D eigenvalue weighted by atomic mass is 10.1. The average molecular weight is 249 g/mol. The molecule has 0 bridgehead atoms. The molecule has 1 fully saturated rings. The van der Waals surface area contributed by atoms with E-state index in [0.717, 1.165) is 24.5 Å². The van der Waals surface area contributed by atoms with Crippen LogP contribution in [-0.2, 0) is 6.54 Å². The highest BCUT2D eigenvalue weighted by atomic mass is 16.1. The van der Waals surface area contributed by atoms with Crippen molar-refractivity contribution in [2.45, 2.75) is 46.6 Å². The number of nitrogens with zero attached hydrogens (tertiary/aromatic N) is 1. The van der Waals surface area contributed by atoms with Gasteiger partial charge in [-0.3, -0.25) is 4.79 Å². The number of aromatic amines is 1. The van der Waals surface area contributed by atoms with Gasteiger partial charge in [0.15, 0.2) is 0 Å². The zero-order chi connectivity index (χ0) is 13.3. The van der Waals surface area contributed by atoms with E-state index < -0.39 is 0 Å². The molecule has 100 valence electrons. The Kier molecular flexibility index (Phi) is 3.57. The lowest BCUT2D eigenvalue weighted by Crippen LogP contribution is -2.22. The van der Waals surface area contributed by atoms with Gasteiger partial charge in [0.25, 0.3) is 5.56 Å². The van der Waals surface area contributed by atoms with Crippen LogP contribution in [0.5, 0.6) is 0 Å². The van der Waals surface area contributed by atoms with Gasteiger partial charge in [0.2, 0.25) is 0 Å². The maximum absolute atomic E-state index is 11.6. The molecule has 0 aromatic carbocycles. The zero-order valence-electron chi connectivity index (χ0n) is 11.7. The smallest absolute Gasteiger partial charge is 0.251 e. The van der Waals surface area contributed by atoms with Gasteiger partial charge in [-0.15, -0.1) is 0 Å². The normalized spacial score (nSPS) is 21.3. The largest absolute Gasteiger partial charge is 0.311 e. The predicted octanol–water partition coefficient (Wildman–Crippen LogP) is 2.03. The van der Waals surface area contributed by atoms with Crippen LogP contribution in [0.1, 0.15) is 51.6 Å². The summed E-state index contributed by atoms with van der Waals surface area (Å²) in [5, 5.41) is 3.32.